The van der Waals surface area contributed by atoms with Crippen LogP contribution in [0.3, 0.4) is 0 Å². The number of carbonyl (C=O) groups is 2. The largest absolute Gasteiger partial charge is 0.497 e. The van der Waals surface area contributed by atoms with Crippen LogP contribution in [-0.2, 0) is 16.0 Å². The third-order valence-corrected chi connectivity index (χ3v) is 6.78. The number of rotatable bonds is 7. The third kappa shape index (κ3) is 5.32. The van der Waals surface area contributed by atoms with E-state index in [4.69, 9.17) is 4.74 Å². The molecule has 5 nitrogen and oxygen atoms in total. The lowest BCUT2D eigenvalue weighted by molar-refractivity contribution is -0.123. The Balaban J connectivity index is 1.46. The molecule has 32 heavy (non-hydrogen) atoms. The number of benzene rings is 3. The number of methoxy groups -OCH3 is 1. The fourth-order valence-corrected chi connectivity index (χ4v) is 5.03. The molecule has 0 aromatic heterocycles. The lowest BCUT2D eigenvalue weighted by Crippen LogP contribution is -2.41. The highest BCUT2D eigenvalue weighted by Gasteiger charge is 2.30. The van der Waals surface area contributed by atoms with E-state index in [9.17, 15) is 9.59 Å². The molecule has 1 N–H and O–H groups in total. The van der Waals surface area contributed by atoms with Gasteiger partial charge in [0.1, 0.15) is 12.3 Å². The average Bonchev–Trinajstić information content (AvgIpc) is 2.96. The number of para-hydroxylation sites is 1. The molecule has 3 aromatic rings. The number of carbonyl (C=O) groups excluding carboxylic acids is 2. The number of fused-ring (bicyclic) bond motifs is 1. The molecule has 6 heteroatoms. The predicted octanol–water partition coefficient (Wildman–Crippen LogP) is 4.62. The van der Waals surface area contributed by atoms with Crippen LogP contribution in [-0.4, -0.2) is 32.0 Å². The van der Waals surface area contributed by atoms with Gasteiger partial charge in [0.15, 0.2) is 0 Å². The summed E-state index contributed by atoms with van der Waals surface area (Å²) in [6.45, 7) is 0.552. The van der Waals surface area contributed by atoms with E-state index >= 15 is 0 Å². The van der Waals surface area contributed by atoms with Crippen molar-refractivity contribution in [3.05, 3.63) is 90.0 Å². The van der Waals surface area contributed by atoms with Crippen molar-refractivity contribution < 1.29 is 14.3 Å². The van der Waals surface area contributed by atoms with Gasteiger partial charge in [-0.2, -0.15) is 0 Å². The van der Waals surface area contributed by atoms with Crippen molar-refractivity contribution in [2.45, 2.75) is 23.0 Å². The van der Waals surface area contributed by atoms with Gasteiger partial charge in [-0.15, -0.1) is 11.8 Å². The van der Waals surface area contributed by atoms with Crippen molar-refractivity contribution >= 4 is 29.3 Å². The number of amides is 2. The van der Waals surface area contributed by atoms with E-state index in [-0.39, 0.29) is 23.6 Å². The van der Waals surface area contributed by atoms with E-state index in [2.05, 4.69) is 5.32 Å². The molecule has 0 spiro atoms. The maximum absolute atomic E-state index is 13.2. The lowest BCUT2D eigenvalue weighted by Gasteiger charge is -2.22. The molecule has 4 rings (SSSR count). The second kappa shape index (κ2) is 10.4. The summed E-state index contributed by atoms with van der Waals surface area (Å²) in [5, 5.41) is 2.93. The number of hydrogen-bond donors (Lipinski definition) is 1. The quantitative estimate of drug-likeness (QED) is 0.575. The molecular weight excluding hydrogens is 420 g/mol. The summed E-state index contributed by atoms with van der Waals surface area (Å²) in [5.41, 5.74) is 3.02. The molecule has 0 saturated heterocycles. The summed E-state index contributed by atoms with van der Waals surface area (Å²) in [6.07, 6.45) is 1.08. The summed E-state index contributed by atoms with van der Waals surface area (Å²) < 4.78 is 5.25. The first-order valence-corrected chi connectivity index (χ1v) is 11.5. The van der Waals surface area contributed by atoms with E-state index in [1.54, 1.807) is 23.8 Å². The van der Waals surface area contributed by atoms with E-state index < -0.39 is 0 Å². The highest BCUT2D eigenvalue weighted by Crippen LogP contribution is 2.45. The fourth-order valence-electron chi connectivity index (χ4n) is 3.75. The maximum atomic E-state index is 13.2. The first-order chi connectivity index (χ1) is 15.6. The minimum absolute atomic E-state index is 0.0144. The van der Waals surface area contributed by atoms with Crippen molar-refractivity contribution in [1.29, 1.82) is 0 Å². The molecule has 1 aliphatic rings. The number of nitrogens with zero attached hydrogens (tertiary/aromatic N) is 1. The zero-order chi connectivity index (χ0) is 22.3. The number of ether oxygens (including phenoxy) is 1. The Morgan fingerprint density at radius 3 is 2.50 bits per heavy atom. The van der Waals surface area contributed by atoms with Crippen LogP contribution in [0.4, 0.5) is 5.69 Å². The van der Waals surface area contributed by atoms with Crippen molar-refractivity contribution in [3.63, 3.8) is 0 Å². The minimum Gasteiger partial charge on any atom is -0.497 e. The average molecular weight is 447 g/mol. The van der Waals surface area contributed by atoms with Gasteiger partial charge < -0.3 is 15.0 Å². The SMILES string of the molecule is COc1ccc([C@H]2CC(=O)N(CC(=O)NCCc3ccccc3)c3ccccc3S2)cc1. The van der Waals surface area contributed by atoms with Gasteiger partial charge in [-0.1, -0.05) is 54.6 Å². The van der Waals surface area contributed by atoms with Crippen LogP contribution in [0.1, 0.15) is 22.8 Å². The summed E-state index contributed by atoms with van der Waals surface area (Å²) in [6, 6.07) is 25.6. The highest BCUT2D eigenvalue weighted by molar-refractivity contribution is 7.99. The molecule has 1 aliphatic heterocycles. The van der Waals surface area contributed by atoms with Crippen LogP contribution in [0.2, 0.25) is 0 Å². The van der Waals surface area contributed by atoms with Gasteiger partial charge in [0.25, 0.3) is 0 Å². The van der Waals surface area contributed by atoms with Crippen LogP contribution in [0, 0.1) is 0 Å². The summed E-state index contributed by atoms with van der Waals surface area (Å²) >= 11 is 1.66. The number of anilines is 1. The van der Waals surface area contributed by atoms with Gasteiger partial charge in [0.05, 0.1) is 12.8 Å². The summed E-state index contributed by atoms with van der Waals surface area (Å²) in [4.78, 5) is 28.5. The molecule has 0 fully saturated rings. The van der Waals surface area contributed by atoms with Gasteiger partial charge in [0, 0.05) is 23.1 Å². The maximum Gasteiger partial charge on any atom is 0.240 e. The smallest absolute Gasteiger partial charge is 0.240 e. The first-order valence-electron chi connectivity index (χ1n) is 10.6. The van der Waals surface area contributed by atoms with Crippen molar-refractivity contribution in [3.8, 4) is 5.75 Å². The number of thioether (sulfide) groups is 1. The number of nitrogens with one attached hydrogen (secondary N) is 1. The van der Waals surface area contributed by atoms with Gasteiger partial charge in [-0.05, 0) is 41.8 Å². The molecular formula is C26H26N2O3S. The Labute approximate surface area is 192 Å². The van der Waals surface area contributed by atoms with Crippen LogP contribution >= 0.6 is 11.8 Å². The molecule has 164 valence electrons. The van der Waals surface area contributed by atoms with Crippen molar-refractivity contribution in [1.82, 2.24) is 5.32 Å². The number of hydrogen-bond acceptors (Lipinski definition) is 4. The Morgan fingerprint density at radius 1 is 1.03 bits per heavy atom. The topological polar surface area (TPSA) is 58.6 Å². The molecule has 0 aliphatic carbocycles. The minimum atomic E-state index is -0.156. The zero-order valence-electron chi connectivity index (χ0n) is 18.0. The molecule has 0 radical (unpaired) electrons. The van der Waals surface area contributed by atoms with Gasteiger partial charge in [-0.3, -0.25) is 9.59 Å². The Bertz CT molecular complexity index is 1070. The zero-order valence-corrected chi connectivity index (χ0v) is 18.8. The van der Waals surface area contributed by atoms with Gasteiger partial charge in [0.2, 0.25) is 11.8 Å². The first kappa shape index (κ1) is 22.0. The Hall–Kier alpha value is -3.25. The lowest BCUT2D eigenvalue weighted by atomic mass is 10.1. The Morgan fingerprint density at radius 2 is 1.75 bits per heavy atom. The van der Waals surface area contributed by atoms with Crippen LogP contribution in [0.15, 0.2) is 83.8 Å². The van der Waals surface area contributed by atoms with E-state index in [1.807, 2.05) is 78.9 Å². The molecule has 0 unspecified atom stereocenters. The molecule has 0 saturated carbocycles. The van der Waals surface area contributed by atoms with Crippen LogP contribution in [0.25, 0.3) is 0 Å². The monoisotopic (exact) mass is 446 g/mol. The normalized spacial score (nSPS) is 15.6. The predicted molar refractivity (Wildman–Crippen MR) is 128 cm³/mol. The molecule has 2 amide bonds. The molecule has 1 atom stereocenters. The summed E-state index contributed by atoms with van der Waals surface area (Å²) in [7, 11) is 1.64. The van der Waals surface area contributed by atoms with Crippen LogP contribution in [0.5, 0.6) is 5.75 Å². The third-order valence-electron chi connectivity index (χ3n) is 5.45. The van der Waals surface area contributed by atoms with Crippen molar-refractivity contribution in [2.24, 2.45) is 0 Å². The Kier molecular flexibility index (Phi) is 7.12. The molecule has 1 heterocycles. The van der Waals surface area contributed by atoms with E-state index in [1.165, 1.54) is 5.56 Å². The fraction of sp³-hybridized carbons (Fsp3) is 0.231. The molecule has 0 bridgehead atoms. The standard InChI is InChI=1S/C26H26N2O3S/c1-31-21-13-11-20(12-14-21)24-17-26(30)28(22-9-5-6-10-23(22)32-24)18-25(29)27-16-15-19-7-3-2-4-8-19/h2-14,24H,15-18H2,1H3,(H,27,29)/t24-/m1/s1. The second-order valence-electron chi connectivity index (χ2n) is 7.62. The van der Waals surface area contributed by atoms with Crippen molar-refractivity contribution in [2.75, 3.05) is 25.1 Å². The highest BCUT2D eigenvalue weighted by atomic mass is 32.2. The summed E-state index contributed by atoms with van der Waals surface area (Å²) in [5.74, 6) is 0.575. The second-order valence-corrected chi connectivity index (χ2v) is 8.86. The van der Waals surface area contributed by atoms with Crippen LogP contribution < -0.4 is 15.0 Å². The van der Waals surface area contributed by atoms with Gasteiger partial charge >= 0.3 is 0 Å². The van der Waals surface area contributed by atoms with E-state index in [0.717, 1.165) is 28.3 Å². The van der Waals surface area contributed by atoms with Gasteiger partial charge in [-0.25, -0.2) is 0 Å². The molecule has 3 aromatic carbocycles. The van der Waals surface area contributed by atoms with E-state index in [0.29, 0.717) is 13.0 Å².